The molecule has 8 heteroatoms. The van der Waals surface area contributed by atoms with Gasteiger partial charge in [0.25, 0.3) is 5.91 Å². The highest BCUT2D eigenvalue weighted by atomic mass is 16.5. The molecule has 0 radical (unpaired) electrons. The van der Waals surface area contributed by atoms with E-state index in [9.17, 15) is 19.6 Å². The van der Waals surface area contributed by atoms with E-state index in [-0.39, 0.29) is 10.5 Å². The van der Waals surface area contributed by atoms with Gasteiger partial charge < -0.3 is 15.8 Å². The van der Waals surface area contributed by atoms with E-state index >= 15 is 0 Å². The molecule has 4 N–H and O–H groups in total. The molecule has 25 heavy (non-hydrogen) atoms. The lowest BCUT2D eigenvalue weighted by Gasteiger charge is -2.12. The number of benzene rings is 2. The van der Waals surface area contributed by atoms with Gasteiger partial charge in [0.2, 0.25) is 0 Å². The number of carbonyl (C=O) groups is 1. The molecular formula is C17H14N4O4. The van der Waals surface area contributed by atoms with Crippen LogP contribution in [-0.2, 0) is 0 Å². The van der Waals surface area contributed by atoms with Crippen molar-refractivity contribution < 1.29 is 10.0 Å². The van der Waals surface area contributed by atoms with E-state index in [4.69, 9.17) is 0 Å². The zero-order valence-corrected chi connectivity index (χ0v) is 12.9. The molecule has 8 nitrogen and oxygen atoms in total. The van der Waals surface area contributed by atoms with Crippen LogP contribution in [0.25, 0.3) is 0 Å². The number of hydrogen-bond donors (Lipinski definition) is 4. The zero-order valence-electron chi connectivity index (χ0n) is 12.9. The second kappa shape index (κ2) is 6.75. The lowest BCUT2D eigenvalue weighted by molar-refractivity contribution is 0.101. The summed E-state index contributed by atoms with van der Waals surface area (Å²) in [5.74, 6) is -0.881. The first-order chi connectivity index (χ1) is 12.1. The first-order valence-corrected chi connectivity index (χ1v) is 7.33. The normalized spacial score (nSPS) is 10.2. The van der Waals surface area contributed by atoms with E-state index in [1.54, 1.807) is 60.7 Å². The molecule has 1 aromatic heterocycles. The van der Waals surface area contributed by atoms with Gasteiger partial charge in [-0.1, -0.05) is 41.1 Å². The summed E-state index contributed by atoms with van der Waals surface area (Å²) >= 11 is 0. The molecule has 1 amide bonds. The number of H-pyrrole nitrogens is 1. The van der Waals surface area contributed by atoms with Crippen molar-refractivity contribution in [1.82, 2.24) is 9.71 Å². The maximum absolute atomic E-state index is 12.5. The summed E-state index contributed by atoms with van der Waals surface area (Å²) in [5, 5.41) is 14.9. The highest BCUT2D eigenvalue weighted by Crippen LogP contribution is 2.16. The van der Waals surface area contributed by atoms with Gasteiger partial charge in [0.1, 0.15) is 11.4 Å². The van der Waals surface area contributed by atoms with Crippen molar-refractivity contribution in [3.05, 3.63) is 87.1 Å². The second-order valence-electron chi connectivity index (χ2n) is 5.11. The molecule has 3 rings (SSSR count). The molecule has 2 aromatic carbocycles. The topological polar surface area (TPSA) is 116 Å². The molecule has 0 aliphatic carbocycles. The fourth-order valence-corrected chi connectivity index (χ4v) is 2.21. The van der Waals surface area contributed by atoms with E-state index in [0.717, 1.165) is 0 Å². The molecule has 0 fully saturated rings. The Morgan fingerprint density at radius 1 is 0.920 bits per heavy atom. The van der Waals surface area contributed by atoms with Gasteiger partial charge in [0.05, 0.1) is 0 Å². The van der Waals surface area contributed by atoms with Crippen LogP contribution in [0.2, 0.25) is 0 Å². The van der Waals surface area contributed by atoms with Crippen LogP contribution in [0.3, 0.4) is 0 Å². The second-order valence-corrected chi connectivity index (χ2v) is 5.11. The van der Waals surface area contributed by atoms with Gasteiger partial charge >= 0.3 is 11.2 Å². The smallest absolute Gasteiger partial charge is 0.363 e. The third-order valence-electron chi connectivity index (χ3n) is 3.38. The molecule has 0 unspecified atom stereocenters. The number of hydrogen-bond acceptors (Lipinski definition) is 5. The Bertz CT molecular complexity index is 1010. The van der Waals surface area contributed by atoms with Crippen molar-refractivity contribution in [3.8, 4) is 0 Å². The summed E-state index contributed by atoms with van der Waals surface area (Å²) in [6.07, 6.45) is 0. The average molecular weight is 338 g/mol. The minimum Gasteiger partial charge on any atom is -0.421 e. The number of aromatic amines is 1. The van der Waals surface area contributed by atoms with Gasteiger partial charge in [-0.3, -0.25) is 14.6 Å². The Hall–Kier alpha value is -3.81. The van der Waals surface area contributed by atoms with Gasteiger partial charge in [0, 0.05) is 11.4 Å². The maximum Gasteiger partial charge on any atom is 0.363 e. The molecule has 126 valence electrons. The van der Waals surface area contributed by atoms with Gasteiger partial charge in [-0.2, -0.15) is 0 Å². The third-order valence-corrected chi connectivity index (χ3v) is 3.38. The van der Waals surface area contributed by atoms with Crippen LogP contribution in [-0.4, -0.2) is 20.8 Å². The van der Waals surface area contributed by atoms with Gasteiger partial charge in [0.15, 0.2) is 0 Å². The van der Waals surface area contributed by atoms with Crippen molar-refractivity contribution in [3.63, 3.8) is 0 Å². The number of nitrogens with zero attached hydrogens (tertiary/aromatic N) is 1. The highest BCUT2D eigenvalue weighted by molar-refractivity contribution is 6.07. The van der Waals surface area contributed by atoms with E-state index in [1.165, 1.54) is 0 Å². The number of carbonyl (C=O) groups excluding carboxylic acids is 1. The third kappa shape index (κ3) is 3.42. The van der Waals surface area contributed by atoms with Crippen molar-refractivity contribution in [2.75, 3.05) is 10.6 Å². The Morgan fingerprint density at radius 2 is 1.48 bits per heavy atom. The average Bonchev–Trinajstić information content (AvgIpc) is 2.61. The first kappa shape index (κ1) is 16.1. The van der Waals surface area contributed by atoms with Crippen LogP contribution < -0.4 is 21.9 Å². The summed E-state index contributed by atoms with van der Waals surface area (Å²) in [6.45, 7) is 0. The molecule has 0 atom stereocenters. The van der Waals surface area contributed by atoms with Gasteiger partial charge in [-0.05, 0) is 24.3 Å². The molecule has 0 bridgehead atoms. The lowest BCUT2D eigenvalue weighted by Crippen LogP contribution is -2.39. The predicted molar refractivity (Wildman–Crippen MR) is 92.6 cm³/mol. The SMILES string of the molecule is O=C(Nc1ccccc1)c1c(Nc2ccccc2)[nH]c(=O)n(O)c1=O. The summed E-state index contributed by atoms with van der Waals surface area (Å²) in [6, 6.07) is 17.2. The van der Waals surface area contributed by atoms with Crippen molar-refractivity contribution in [2.45, 2.75) is 0 Å². The molecule has 0 aliphatic rings. The van der Waals surface area contributed by atoms with Gasteiger partial charge in [-0.25, -0.2) is 4.79 Å². The molecule has 1 heterocycles. The van der Waals surface area contributed by atoms with Crippen molar-refractivity contribution >= 4 is 23.1 Å². The van der Waals surface area contributed by atoms with E-state index in [2.05, 4.69) is 15.6 Å². The maximum atomic E-state index is 12.5. The Balaban J connectivity index is 2.04. The van der Waals surface area contributed by atoms with Crippen molar-refractivity contribution in [2.24, 2.45) is 0 Å². The molecule has 0 spiro atoms. The Kier molecular flexibility index (Phi) is 4.34. The number of amides is 1. The number of nitrogens with one attached hydrogen (secondary N) is 3. The summed E-state index contributed by atoms with van der Waals surface area (Å²) in [5.41, 5.74) is -1.58. The molecule has 0 saturated carbocycles. The van der Waals surface area contributed by atoms with Crippen LogP contribution in [0.15, 0.2) is 70.3 Å². The fourth-order valence-electron chi connectivity index (χ4n) is 2.21. The lowest BCUT2D eigenvalue weighted by atomic mass is 10.2. The summed E-state index contributed by atoms with van der Waals surface area (Å²) in [7, 11) is 0. The van der Waals surface area contributed by atoms with Crippen LogP contribution in [0, 0.1) is 0 Å². The van der Waals surface area contributed by atoms with Crippen LogP contribution in [0.5, 0.6) is 0 Å². The minimum atomic E-state index is -1.13. The minimum absolute atomic E-state index is 0.111. The molecular weight excluding hydrogens is 324 g/mol. The zero-order chi connectivity index (χ0) is 17.8. The molecule has 0 saturated heterocycles. The standard InChI is InChI=1S/C17H14N4O4/c22-15(19-12-9-5-2-6-10-12)13-14(18-11-7-3-1-4-8-11)20-17(24)21(25)16(13)23/h1-10,18,25H,(H,19,22)(H,20,24). The number of anilines is 3. The van der Waals surface area contributed by atoms with Crippen LogP contribution in [0.1, 0.15) is 10.4 Å². The monoisotopic (exact) mass is 338 g/mol. The quantitative estimate of drug-likeness (QED) is 0.541. The number of rotatable bonds is 4. The van der Waals surface area contributed by atoms with E-state index in [1.807, 2.05) is 0 Å². The van der Waals surface area contributed by atoms with E-state index in [0.29, 0.717) is 11.4 Å². The summed E-state index contributed by atoms with van der Waals surface area (Å²) < 4.78 is -0.143. The van der Waals surface area contributed by atoms with Gasteiger partial charge in [-0.15, -0.1) is 0 Å². The highest BCUT2D eigenvalue weighted by Gasteiger charge is 2.21. The predicted octanol–water partition coefficient (Wildman–Crippen LogP) is 1.77. The largest absolute Gasteiger partial charge is 0.421 e. The van der Waals surface area contributed by atoms with Crippen molar-refractivity contribution in [1.29, 1.82) is 0 Å². The van der Waals surface area contributed by atoms with Crippen LogP contribution >= 0.6 is 0 Å². The first-order valence-electron chi connectivity index (χ1n) is 7.33. The Labute approximate surface area is 141 Å². The summed E-state index contributed by atoms with van der Waals surface area (Å²) in [4.78, 5) is 38.7. The fraction of sp³-hybridized carbons (Fsp3) is 0. The van der Waals surface area contributed by atoms with Crippen LogP contribution in [0.4, 0.5) is 17.2 Å². The number of aromatic nitrogens is 2. The van der Waals surface area contributed by atoms with E-state index < -0.39 is 22.7 Å². The molecule has 3 aromatic rings. The Morgan fingerprint density at radius 3 is 2.08 bits per heavy atom. The number of para-hydroxylation sites is 2. The molecule has 0 aliphatic heterocycles.